The second-order valence-electron chi connectivity index (χ2n) is 3.19. The van der Waals surface area contributed by atoms with Gasteiger partial charge in [0.05, 0.1) is 18.4 Å². The summed E-state index contributed by atoms with van der Waals surface area (Å²) in [6.45, 7) is 0.591. The molecule has 0 amide bonds. The molecular formula is C9H12N6. The number of hydrogen-bond acceptors (Lipinski definition) is 5. The third-order valence-corrected chi connectivity index (χ3v) is 2.02. The van der Waals surface area contributed by atoms with Gasteiger partial charge in [-0.05, 0) is 12.1 Å². The summed E-state index contributed by atoms with van der Waals surface area (Å²) in [6, 6.07) is 3.62. The molecule has 6 heteroatoms. The van der Waals surface area contributed by atoms with Crippen LogP contribution < -0.4 is 11.1 Å². The number of aromatic nitrogens is 4. The largest absolute Gasteiger partial charge is 0.397 e. The zero-order valence-corrected chi connectivity index (χ0v) is 8.38. The van der Waals surface area contributed by atoms with E-state index < -0.39 is 0 Å². The highest BCUT2D eigenvalue weighted by molar-refractivity contribution is 5.43. The number of aryl methyl sites for hydroxylation is 1. The van der Waals surface area contributed by atoms with Crippen LogP contribution in [0.3, 0.4) is 0 Å². The van der Waals surface area contributed by atoms with Gasteiger partial charge in [0, 0.05) is 7.05 Å². The molecule has 2 heterocycles. The van der Waals surface area contributed by atoms with Crippen LogP contribution >= 0.6 is 0 Å². The molecule has 15 heavy (non-hydrogen) atoms. The number of nitrogens with zero attached hydrogens (tertiary/aromatic N) is 4. The van der Waals surface area contributed by atoms with Gasteiger partial charge >= 0.3 is 0 Å². The van der Waals surface area contributed by atoms with Crippen molar-refractivity contribution in [1.82, 2.24) is 19.7 Å². The molecule has 78 valence electrons. The summed E-state index contributed by atoms with van der Waals surface area (Å²) in [6.07, 6.45) is 3.27. The van der Waals surface area contributed by atoms with E-state index in [2.05, 4.69) is 20.5 Å². The zero-order chi connectivity index (χ0) is 10.7. The fourth-order valence-electron chi connectivity index (χ4n) is 1.15. The van der Waals surface area contributed by atoms with E-state index in [-0.39, 0.29) is 0 Å². The number of nitrogens with two attached hydrogens (primary N) is 1. The predicted octanol–water partition coefficient (Wildman–Crippen LogP) is 0.404. The fourth-order valence-corrected chi connectivity index (χ4v) is 1.15. The highest BCUT2D eigenvalue weighted by atomic mass is 15.3. The van der Waals surface area contributed by atoms with Crippen molar-refractivity contribution in [1.29, 1.82) is 0 Å². The van der Waals surface area contributed by atoms with Gasteiger partial charge < -0.3 is 15.6 Å². The molecule has 3 N–H and O–H groups in total. The molecule has 0 aliphatic rings. The van der Waals surface area contributed by atoms with Gasteiger partial charge in [-0.25, -0.2) is 4.98 Å². The highest BCUT2D eigenvalue weighted by Gasteiger charge is 2.00. The lowest BCUT2D eigenvalue weighted by Gasteiger charge is -2.04. The first-order valence-electron chi connectivity index (χ1n) is 4.54. The second-order valence-corrected chi connectivity index (χ2v) is 3.19. The summed E-state index contributed by atoms with van der Waals surface area (Å²) < 4.78 is 1.85. The third kappa shape index (κ3) is 2.22. The maximum absolute atomic E-state index is 5.52. The average molecular weight is 204 g/mol. The first-order valence-corrected chi connectivity index (χ1v) is 4.54. The Morgan fingerprint density at radius 3 is 2.93 bits per heavy atom. The van der Waals surface area contributed by atoms with E-state index in [1.807, 2.05) is 17.7 Å². The number of anilines is 2. The molecule has 0 saturated heterocycles. The van der Waals surface area contributed by atoms with Crippen LogP contribution in [0.1, 0.15) is 5.82 Å². The first-order chi connectivity index (χ1) is 7.25. The van der Waals surface area contributed by atoms with E-state index in [0.717, 1.165) is 11.6 Å². The fraction of sp³-hybridized carbons (Fsp3) is 0.222. The van der Waals surface area contributed by atoms with Crippen LogP contribution in [0, 0.1) is 0 Å². The van der Waals surface area contributed by atoms with E-state index in [1.54, 1.807) is 18.6 Å². The minimum absolute atomic E-state index is 0.591. The van der Waals surface area contributed by atoms with Crippen molar-refractivity contribution in [2.45, 2.75) is 6.54 Å². The predicted molar refractivity (Wildman–Crippen MR) is 57.0 cm³/mol. The van der Waals surface area contributed by atoms with Crippen molar-refractivity contribution in [2.75, 3.05) is 11.1 Å². The van der Waals surface area contributed by atoms with Crippen LogP contribution in [-0.4, -0.2) is 19.7 Å². The molecular weight excluding hydrogens is 192 g/mol. The van der Waals surface area contributed by atoms with Crippen molar-refractivity contribution >= 4 is 11.5 Å². The summed E-state index contributed by atoms with van der Waals surface area (Å²) in [4.78, 5) is 4.11. The van der Waals surface area contributed by atoms with Crippen molar-refractivity contribution in [2.24, 2.45) is 7.05 Å². The molecule has 0 bridgehead atoms. The highest BCUT2D eigenvalue weighted by Crippen LogP contribution is 2.06. The molecule has 0 aliphatic heterocycles. The van der Waals surface area contributed by atoms with Crippen LogP contribution in [0.15, 0.2) is 24.7 Å². The molecule has 0 fully saturated rings. The van der Waals surface area contributed by atoms with Gasteiger partial charge in [-0.15, -0.1) is 10.2 Å². The Morgan fingerprint density at radius 1 is 1.47 bits per heavy atom. The maximum atomic E-state index is 5.52. The van der Waals surface area contributed by atoms with Crippen molar-refractivity contribution in [3.05, 3.63) is 30.5 Å². The number of rotatable bonds is 3. The van der Waals surface area contributed by atoms with E-state index in [0.29, 0.717) is 12.2 Å². The zero-order valence-electron chi connectivity index (χ0n) is 8.38. The van der Waals surface area contributed by atoms with E-state index in [9.17, 15) is 0 Å². The van der Waals surface area contributed by atoms with E-state index in [4.69, 9.17) is 5.73 Å². The average Bonchev–Trinajstić information content (AvgIpc) is 2.63. The molecule has 0 aliphatic carbocycles. The van der Waals surface area contributed by atoms with Crippen LogP contribution in [0.25, 0.3) is 0 Å². The van der Waals surface area contributed by atoms with E-state index in [1.165, 1.54) is 0 Å². The Kier molecular flexibility index (Phi) is 2.49. The smallest absolute Gasteiger partial charge is 0.151 e. The van der Waals surface area contributed by atoms with Gasteiger partial charge in [-0.2, -0.15) is 0 Å². The van der Waals surface area contributed by atoms with Gasteiger partial charge in [0.1, 0.15) is 12.1 Å². The Morgan fingerprint density at radius 2 is 2.33 bits per heavy atom. The summed E-state index contributed by atoms with van der Waals surface area (Å²) in [5, 5.41) is 10.9. The lowest BCUT2D eigenvalue weighted by molar-refractivity contribution is 0.810. The topological polar surface area (TPSA) is 81.7 Å². The Hall–Kier alpha value is -2.11. The van der Waals surface area contributed by atoms with Gasteiger partial charge in [0.15, 0.2) is 5.82 Å². The van der Waals surface area contributed by atoms with Crippen LogP contribution in [0.5, 0.6) is 0 Å². The minimum Gasteiger partial charge on any atom is -0.397 e. The van der Waals surface area contributed by atoms with Crippen LogP contribution in [-0.2, 0) is 13.6 Å². The Labute approximate surface area is 87.2 Å². The number of pyridine rings is 1. The third-order valence-electron chi connectivity index (χ3n) is 2.02. The molecule has 6 nitrogen and oxygen atoms in total. The molecule has 0 unspecified atom stereocenters. The van der Waals surface area contributed by atoms with E-state index >= 15 is 0 Å². The molecule has 0 aromatic carbocycles. The van der Waals surface area contributed by atoms with Crippen LogP contribution in [0.4, 0.5) is 11.5 Å². The first kappa shape index (κ1) is 9.45. The molecule has 0 spiro atoms. The molecule has 0 saturated carbocycles. The quantitative estimate of drug-likeness (QED) is 0.756. The number of hydrogen-bond donors (Lipinski definition) is 2. The SMILES string of the molecule is Cn1cnnc1CNc1ccc(N)cn1. The molecule has 2 aromatic rings. The number of nitrogens with one attached hydrogen (secondary N) is 1. The maximum Gasteiger partial charge on any atom is 0.151 e. The molecule has 2 aromatic heterocycles. The minimum atomic E-state index is 0.591. The summed E-state index contributed by atoms with van der Waals surface area (Å²) >= 11 is 0. The second kappa shape index (κ2) is 3.95. The number of nitrogen functional groups attached to an aromatic ring is 1. The monoisotopic (exact) mass is 204 g/mol. The standard InChI is InChI=1S/C9H12N6/c1-15-6-13-14-9(15)5-12-8-3-2-7(10)4-11-8/h2-4,6H,5,10H2,1H3,(H,11,12). The van der Waals surface area contributed by atoms with Gasteiger partial charge in [-0.3, -0.25) is 0 Å². The van der Waals surface area contributed by atoms with Crippen molar-refractivity contribution < 1.29 is 0 Å². The molecule has 2 rings (SSSR count). The Balaban J connectivity index is 1.99. The summed E-state index contributed by atoms with van der Waals surface area (Å²) in [5.74, 6) is 1.63. The summed E-state index contributed by atoms with van der Waals surface area (Å²) in [7, 11) is 1.90. The normalized spacial score (nSPS) is 10.2. The lowest BCUT2D eigenvalue weighted by Crippen LogP contribution is -2.06. The molecule has 0 atom stereocenters. The molecule has 0 radical (unpaired) electrons. The van der Waals surface area contributed by atoms with Crippen molar-refractivity contribution in [3.63, 3.8) is 0 Å². The van der Waals surface area contributed by atoms with Gasteiger partial charge in [0.2, 0.25) is 0 Å². The Bertz CT molecular complexity index is 432. The van der Waals surface area contributed by atoms with Gasteiger partial charge in [0.25, 0.3) is 0 Å². The van der Waals surface area contributed by atoms with Gasteiger partial charge in [-0.1, -0.05) is 0 Å². The van der Waals surface area contributed by atoms with Crippen LogP contribution in [0.2, 0.25) is 0 Å². The van der Waals surface area contributed by atoms with Crippen molar-refractivity contribution in [3.8, 4) is 0 Å². The summed E-state index contributed by atoms with van der Waals surface area (Å²) in [5.41, 5.74) is 6.18. The lowest BCUT2D eigenvalue weighted by atomic mass is 10.4.